The van der Waals surface area contributed by atoms with E-state index in [1.807, 2.05) is 6.92 Å². The minimum Gasteiger partial charge on any atom is -0.378 e. The molecule has 0 saturated carbocycles. The highest BCUT2D eigenvalue weighted by molar-refractivity contribution is 5.82. The van der Waals surface area contributed by atoms with E-state index >= 15 is 0 Å². The lowest BCUT2D eigenvalue weighted by Crippen LogP contribution is -2.08. The van der Waals surface area contributed by atoms with E-state index in [-0.39, 0.29) is 0 Å². The van der Waals surface area contributed by atoms with E-state index < -0.39 is 0 Å². The summed E-state index contributed by atoms with van der Waals surface area (Å²) in [4.78, 5) is 4.23. The number of rotatable bonds is 5. The first-order valence-electron chi connectivity index (χ1n) is 7.91. The Kier molecular flexibility index (Phi) is 5.64. The van der Waals surface area contributed by atoms with Crippen molar-refractivity contribution in [2.24, 2.45) is 0 Å². The van der Waals surface area contributed by atoms with Gasteiger partial charge in [0.05, 0.1) is 0 Å². The Balaban J connectivity index is 2.41. The van der Waals surface area contributed by atoms with Gasteiger partial charge in [0.25, 0.3) is 0 Å². The van der Waals surface area contributed by atoms with E-state index in [4.69, 9.17) is 0 Å². The molecule has 0 bridgehead atoms. The fourth-order valence-electron chi connectivity index (χ4n) is 2.43. The summed E-state index contributed by atoms with van der Waals surface area (Å²) < 4.78 is 0. The highest BCUT2D eigenvalue weighted by Crippen LogP contribution is 2.27. The molecule has 0 aliphatic rings. The minimum absolute atomic E-state index is 1.21. The van der Waals surface area contributed by atoms with Gasteiger partial charge in [0.1, 0.15) is 0 Å². The topological polar surface area (TPSA) is 6.48 Å². The number of anilines is 2. The van der Waals surface area contributed by atoms with Crippen LogP contribution in [0.25, 0.3) is 5.57 Å². The largest absolute Gasteiger partial charge is 0.378 e. The molecular weight excluding hydrogens is 280 g/mol. The Labute approximate surface area is 140 Å². The summed E-state index contributed by atoms with van der Waals surface area (Å²) in [5.74, 6) is 0. The van der Waals surface area contributed by atoms with Gasteiger partial charge in [0.2, 0.25) is 0 Å². The summed E-state index contributed by atoms with van der Waals surface area (Å²) in [6, 6.07) is 17.4. The quantitative estimate of drug-likeness (QED) is 0.730. The number of nitrogens with zero attached hydrogens (tertiary/aromatic N) is 2. The standard InChI is InChI=1S/C21H26N2/c1-6-7-8-21(17-9-13-19(14-10-17)22(2)3)18-11-15-20(16-12-18)23(4)5/h6-16H,1-5H3/b7-6+. The van der Waals surface area contributed by atoms with Gasteiger partial charge in [0.15, 0.2) is 0 Å². The highest BCUT2D eigenvalue weighted by Gasteiger charge is 2.06. The molecule has 0 radical (unpaired) electrons. The van der Waals surface area contributed by atoms with E-state index in [2.05, 4.69) is 105 Å². The zero-order valence-electron chi connectivity index (χ0n) is 14.7. The van der Waals surface area contributed by atoms with Crippen LogP contribution < -0.4 is 9.80 Å². The van der Waals surface area contributed by atoms with Gasteiger partial charge in [0, 0.05) is 39.6 Å². The fraction of sp³-hybridized carbons (Fsp3) is 0.238. The van der Waals surface area contributed by atoms with Crippen LogP contribution in [0.4, 0.5) is 11.4 Å². The Morgan fingerprint density at radius 2 is 1.09 bits per heavy atom. The van der Waals surface area contributed by atoms with Crippen molar-refractivity contribution < 1.29 is 0 Å². The molecule has 23 heavy (non-hydrogen) atoms. The summed E-state index contributed by atoms with van der Waals surface area (Å²) in [5.41, 5.74) is 6.11. The highest BCUT2D eigenvalue weighted by atomic mass is 15.1. The van der Waals surface area contributed by atoms with Gasteiger partial charge < -0.3 is 9.80 Å². The molecule has 0 aromatic heterocycles. The number of benzene rings is 2. The average Bonchev–Trinajstić information content (AvgIpc) is 2.56. The molecule has 2 aromatic carbocycles. The molecule has 0 amide bonds. The van der Waals surface area contributed by atoms with Gasteiger partial charge in [-0.2, -0.15) is 0 Å². The first kappa shape index (κ1) is 16.9. The van der Waals surface area contributed by atoms with E-state index in [9.17, 15) is 0 Å². The van der Waals surface area contributed by atoms with Crippen LogP contribution in [0, 0.1) is 0 Å². The van der Waals surface area contributed by atoms with Crippen molar-refractivity contribution in [3.63, 3.8) is 0 Å². The van der Waals surface area contributed by atoms with Crippen molar-refractivity contribution in [1.29, 1.82) is 0 Å². The van der Waals surface area contributed by atoms with Crippen LogP contribution in [0.5, 0.6) is 0 Å². The Morgan fingerprint density at radius 1 is 0.696 bits per heavy atom. The predicted octanol–water partition coefficient (Wildman–Crippen LogP) is 4.83. The van der Waals surface area contributed by atoms with Crippen molar-refractivity contribution >= 4 is 16.9 Å². The molecule has 120 valence electrons. The molecule has 0 fully saturated rings. The molecule has 0 N–H and O–H groups in total. The monoisotopic (exact) mass is 306 g/mol. The van der Waals surface area contributed by atoms with Crippen molar-refractivity contribution in [2.75, 3.05) is 38.0 Å². The smallest absolute Gasteiger partial charge is 0.0361 e. The number of allylic oxidation sites excluding steroid dienone is 3. The van der Waals surface area contributed by atoms with Crippen LogP contribution >= 0.6 is 0 Å². The zero-order valence-corrected chi connectivity index (χ0v) is 14.7. The lowest BCUT2D eigenvalue weighted by molar-refractivity contribution is 1.13. The molecule has 2 aromatic rings. The second-order valence-corrected chi connectivity index (χ2v) is 5.99. The molecular formula is C21H26N2. The summed E-state index contributed by atoms with van der Waals surface area (Å²) in [7, 11) is 8.24. The molecule has 0 unspecified atom stereocenters. The van der Waals surface area contributed by atoms with Crippen LogP contribution in [0.3, 0.4) is 0 Å². The van der Waals surface area contributed by atoms with Crippen LogP contribution in [0.1, 0.15) is 18.1 Å². The van der Waals surface area contributed by atoms with Crippen LogP contribution in [-0.4, -0.2) is 28.2 Å². The summed E-state index contributed by atoms with van der Waals surface area (Å²) in [5, 5.41) is 0. The SMILES string of the molecule is C/C=C/C=C(c1ccc(N(C)C)cc1)c1ccc(N(C)C)cc1. The molecule has 0 aliphatic carbocycles. The predicted molar refractivity (Wildman–Crippen MR) is 103 cm³/mol. The Morgan fingerprint density at radius 3 is 1.39 bits per heavy atom. The minimum atomic E-state index is 1.21. The number of hydrogen-bond donors (Lipinski definition) is 0. The first-order chi connectivity index (χ1) is 11.0. The second-order valence-electron chi connectivity index (χ2n) is 5.99. The molecule has 2 rings (SSSR count). The maximum absolute atomic E-state index is 2.19. The molecule has 2 heteroatoms. The third-order valence-corrected chi connectivity index (χ3v) is 3.84. The van der Waals surface area contributed by atoms with Gasteiger partial charge in [-0.25, -0.2) is 0 Å². The second kappa shape index (κ2) is 7.68. The first-order valence-corrected chi connectivity index (χ1v) is 7.91. The molecule has 0 aliphatic heterocycles. The van der Waals surface area contributed by atoms with Gasteiger partial charge >= 0.3 is 0 Å². The molecule has 0 atom stereocenters. The van der Waals surface area contributed by atoms with Crippen LogP contribution in [0.15, 0.2) is 66.8 Å². The lowest BCUT2D eigenvalue weighted by atomic mass is 9.97. The van der Waals surface area contributed by atoms with Gasteiger partial charge in [-0.15, -0.1) is 0 Å². The van der Waals surface area contributed by atoms with Crippen LogP contribution in [0.2, 0.25) is 0 Å². The third kappa shape index (κ3) is 4.26. The molecule has 2 nitrogen and oxygen atoms in total. The van der Waals surface area contributed by atoms with Crippen LogP contribution in [-0.2, 0) is 0 Å². The van der Waals surface area contributed by atoms with Gasteiger partial charge in [-0.3, -0.25) is 0 Å². The van der Waals surface area contributed by atoms with E-state index in [1.165, 1.54) is 28.1 Å². The summed E-state index contributed by atoms with van der Waals surface area (Å²) >= 11 is 0. The van der Waals surface area contributed by atoms with E-state index in [0.717, 1.165) is 0 Å². The number of hydrogen-bond acceptors (Lipinski definition) is 2. The fourth-order valence-corrected chi connectivity index (χ4v) is 2.43. The van der Waals surface area contributed by atoms with Crippen molar-refractivity contribution in [3.8, 4) is 0 Å². The van der Waals surface area contributed by atoms with Crippen molar-refractivity contribution in [1.82, 2.24) is 0 Å². The normalized spacial score (nSPS) is 10.7. The Bertz CT molecular complexity index is 621. The van der Waals surface area contributed by atoms with E-state index in [0.29, 0.717) is 0 Å². The molecule has 0 saturated heterocycles. The third-order valence-electron chi connectivity index (χ3n) is 3.84. The Hall–Kier alpha value is -2.48. The molecule has 0 spiro atoms. The van der Waals surface area contributed by atoms with Crippen molar-refractivity contribution in [3.05, 3.63) is 77.9 Å². The van der Waals surface area contributed by atoms with Gasteiger partial charge in [-0.05, 0) is 47.9 Å². The average molecular weight is 306 g/mol. The van der Waals surface area contributed by atoms with Crippen molar-refractivity contribution in [2.45, 2.75) is 6.92 Å². The maximum Gasteiger partial charge on any atom is 0.0361 e. The van der Waals surface area contributed by atoms with E-state index in [1.54, 1.807) is 0 Å². The summed E-state index contributed by atoms with van der Waals surface area (Å²) in [6.45, 7) is 2.04. The molecule has 0 heterocycles. The lowest BCUT2D eigenvalue weighted by Gasteiger charge is -2.15. The van der Waals surface area contributed by atoms with Gasteiger partial charge in [-0.1, -0.05) is 42.5 Å². The maximum atomic E-state index is 2.19. The summed E-state index contributed by atoms with van der Waals surface area (Å²) in [6.07, 6.45) is 6.33. The zero-order chi connectivity index (χ0) is 16.8.